The predicted octanol–water partition coefficient (Wildman–Crippen LogP) is 7.05. The highest BCUT2D eigenvalue weighted by Gasteiger charge is 2.54. The molecule has 370 valence electrons. The molecule has 0 unspecified atom stereocenters. The van der Waals surface area contributed by atoms with Gasteiger partial charge in [0.2, 0.25) is 17.7 Å². The van der Waals surface area contributed by atoms with Crippen LogP contribution in [0.5, 0.6) is 0 Å². The standard InChI is InChI=1S/C52H64F3N7O7/c1-10-43(63)60-27-38(39(28-60)52(53,54)55)48(65)59(8)45(30(3)4)47(64)57-41-24-32-15-12-16-33(23-32)34-19-20-42-36(25-34)37(46(61(42)11-2)35-17-13-21-56-44(35)31(5)68-9)26-51(6,7)29-69-50(67)40-18-14-22-62(58-40)49(41)66/h10,12-13,15-17,19-21,23,25,30-31,38-41,45,58H,1,11,14,18,22,24,26-29H2,2-9H3,(H,57,64)/t31-,38+,39-,40-,41-,45-/m0/s1. The van der Waals surface area contributed by atoms with E-state index in [2.05, 4.69) is 66.9 Å². The van der Waals surface area contributed by atoms with Crippen molar-refractivity contribution in [2.24, 2.45) is 23.2 Å². The molecule has 2 aromatic carbocycles. The number of carbonyl (C=O) groups excluding carboxylic acids is 5. The number of likely N-dealkylation sites (tertiary alicyclic amines) is 1. The second-order valence-electron chi connectivity index (χ2n) is 19.7. The number of aryl methyl sites for hydroxylation is 1. The zero-order valence-corrected chi connectivity index (χ0v) is 40.7. The van der Waals surface area contributed by atoms with Crippen LogP contribution >= 0.6 is 0 Å². The maximum absolute atomic E-state index is 14.7. The normalized spacial score (nSPS) is 21.9. The molecule has 2 aromatic heterocycles. The molecule has 2 fully saturated rings. The molecule has 0 saturated carbocycles. The van der Waals surface area contributed by atoms with Gasteiger partial charge in [-0.2, -0.15) is 13.2 Å². The average molecular weight is 956 g/mol. The number of nitrogens with zero attached hydrogens (tertiary/aromatic N) is 5. The third-order valence-corrected chi connectivity index (χ3v) is 13.8. The summed E-state index contributed by atoms with van der Waals surface area (Å²) in [6.07, 6.45) is -1.07. The predicted molar refractivity (Wildman–Crippen MR) is 255 cm³/mol. The lowest BCUT2D eigenvalue weighted by atomic mass is 9.84. The number of ether oxygens (including phenoxy) is 2. The number of likely N-dealkylation sites (N-methyl/N-ethyl adjacent to an activating group) is 1. The highest BCUT2D eigenvalue weighted by Crippen LogP contribution is 2.43. The maximum Gasteiger partial charge on any atom is 0.394 e. The van der Waals surface area contributed by atoms with Crippen LogP contribution in [0.25, 0.3) is 33.3 Å². The van der Waals surface area contributed by atoms with Gasteiger partial charge in [0.1, 0.15) is 18.1 Å². The van der Waals surface area contributed by atoms with Gasteiger partial charge in [-0.05, 0) is 91.6 Å². The van der Waals surface area contributed by atoms with Crippen molar-refractivity contribution in [1.82, 2.24) is 35.1 Å². The smallest absolute Gasteiger partial charge is 0.394 e. The fraction of sp³-hybridized carbons (Fsp3) is 0.500. The van der Waals surface area contributed by atoms with Crippen molar-refractivity contribution in [3.05, 3.63) is 90.3 Å². The van der Waals surface area contributed by atoms with Crippen LogP contribution in [0.2, 0.25) is 0 Å². The average Bonchev–Trinajstić information content (AvgIpc) is 3.92. The molecule has 2 saturated heterocycles. The Morgan fingerprint density at radius 1 is 1.07 bits per heavy atom. The van der Waals surface area contributed by atoms with Crippen LogP contribution in [-0.2, 0) is 52.8 Å². The number of hydrazine groups is 1. The molecule has 7 rings (SSSR count). The lowest BCUT2D eigenvalue weighted by molar-refractivity contribution is -0.186. The molecule has 3 aliphatic heterocycles. The van der Waals surface area contributed by atoms with Crippen LogP contribution in [0.3, 0.4) is 0 Å². The van der Waals surface area contributed by atoms with E-state index in [4.69, 9.17) is 14.5 Å². The van der Waals surface area contributed by atoms with E-state index in [0.717, 1.165) is 60.4 Å². The third kappa shape index (κ3) is 10.6. The highest BCUT2D eigenvalue weighted by molar-refractivity contribution is 5.96. The largest absolute Gasteiger partial charge is 0.464 e. The number of methoxy groups -OCH3 is 1. The van der Waals surface area contributed by atoms with Gasteiger partial charge in [0.05, 0.1) is 35.9 Å². The van der Waals surface area contributed by atoms with Gasteiger partial charge in [-0.25, -0.2) is 5.43 Å². The molecule has 17 heteroatoms. The van der Waals surface area contributed by atoms with Crippen LogP contribution in [-0.4, -0.2) is 119 Å². The van der Waals surface area contributed by atoms with Gasteiger partial charge in [-0.1, -0.05) is 64.6 Å². The van der Waals surface area contributed by atoms with Crippen LogP contribution in [0, 0.1) is 23.2 Å². The van der Waals surface area contributed by atoms with Gasteiger partial charge in [-0.3, -0.25) is 34.0 Å². The van der Waals surface area contributed by atoms with Gasteiger partial charge in [-0.15, -0.1) is 0 Å². The summed E-state index contributed by atoms with van der Waals surface area (Å²) in [7, 11) is 2.93. The number of hydrogen-bond donors (Lipinski definition) is 2. The molecule has 6 atom stereocenters. The molecule has 14 nitrogen and oxygen atoms in total. The van der Waals surface area contributed by atoms with E-state index in [1.54, 1.807) is 27.2 Å². The Morgan fingerprint density at radius 2 is 1.81 bits per heavy atom. The molecule has 6 bridgehead atoms. The number of aromatic nitrogens is 2. The Morgan fingerprint density at radius 3 is 2.49 bits per heavy atom. The molecule has 0 spiro atoms. The summed E-state index contributed by atoms with van der Waals surface area (Å²) in [4.78, 5) is 76.4. The Labute approximate surface area is 401 Å². The summed E-state index contributed by atoms with van der Waals surface area (Å²) in [5, 5.41) is 5.21. The molecular weight excluding hydrogens is 892 g/mol. The van der Waals surface area contributed by atoms with Gasteiger partial charge < -0.3 is 29.2 Å². The van der Waals surface area contributed by atoms with E-state index >= 15 is 0 Å². The van der Waals surface area contributed by atoms with Crippen molar-refractivity contribution in [3.63, 3.8) is 0 Å². The van der Waals surface area contributed by atoms with E-state index in [1.807, 2.05) is 37.3 Å². The molecule has 2 N–H and O–H groups in total. The Hall–Kier alpha value is -6.07. The number of cyclic esters (lactones) is 1. The summed E-state index contributed by atoms with van der Waals surface area (Å²) in [5.41, 5.74) is 9.76. The first kappa shape index (κ1) is 50.8. The molecule has 5 heterocycles. The van der Waals surface area contributed by atoms with Crippen LogP contribution in [0.1, 0.15) is 77.3 Å². The Bertz CT molecular complexity index is 2610. The molecule has 4 aromatic rings. The van der Waals surface area contributed by atoms with E-state index in [-0.39, 0.29) is 25.7 Å². The number of rotatable bonds is 10. The fourth-order valence-corrected chi connectivity index (χ4v) is 10.3. The van der Waals surface area contributed by atoms with Crippen molar-refractivity contribution in [3.8, 4) is 22.4 Å². The van der Waals surface area contributed by atoms with Gasteiger partial charge in [0.25, 0.3) is 5.91 Å². The molecule has 3 aliphatic rings. The van der Waals surface area contributed by atoms with Crippen molar-refractivity contribution < 1.29 is 46.6 Å². The van der Waals surface area contributed by atoms with E-state index in [0.29, 0.717) is 31.4 Å². The molecule has 0 radical (unpaired) electrons. The summed E-state index contributed by atoms with van der Waals surface area (Å²) in [6, 6.07) is 14.5. The van der Waals surface area contributed by atoms with E-state index in [9.17, 15) is 37.1 Å². The number of hydrogen-bond acceptors (Lipinski definition) is 9. The van der Waals surface area contributed by atoms with Crippen molar-refractivity contribution in [2.75, 3.05) is 40.4 Å². The molecule has 69 heavy (non-hydrogen) atoms. The minimum atomic E-state index is -4.80. The third-order valence-electron chi connectivity index (χ3n) is 13.8. The fourth-order valence-electron chi connectivity index (χ4n) is 10.3. The number of esters is 1. The molecule has 0 aliphatic carbocycles. The number of carbonyl (C=O) groups is 5. The second-order valence-corrected chi connectivity index (χ2v) is 19.7. The number of alkyl halides is 3. The monoisotopic (exact) mass is 955 g/mol. The Kier molecular flexibility index (Phi) is 15.1. The number of amides is 4. The van der Waals surface area contributed by atoms with E-state index < -0.39 is 90.2 Å². The second kappa shape index (κ2) is 20.5. The zero-order chi connectivity index (χ0) is 50.1. The number of benzene rings is 2. The molecule has 4 amide bonds. The topological polar surface area (TPSA) is 155 Å². The molecular formula is C52H64F3N7O7. The summed E-state index contributed by atoms with van der Waals surface area (Å²) < 4.78 is 57.3. The van der Waals surface area contributed by atoms with Gasteiger partial charge in [0.15, 0.2) is 0 Å². The van der Waals surface area contributed by atoms with Crippen LogP contribution in [0.4, 0.5) is 13.2 Å². The number of halogens is 3. The number of pyridine rings is 1. The first-order chi connectivity index (χ1) is 32.7. The lowest BCUT2D eigenvalue weighted by Crippen LogP contribution is -2.62. The van der Waals surface area contributed by atoms with Crippen molar-refractivity contribution in [1.29, 1.82) is 0 Å². The van der Waals surface area contributed by atoms with Gasteiger partial charge in [0, 0.05) is 74.8 Å². The van der Waals surface area contributed by atoms with Crippen molar-refractivity contribution >= 4 is 40.5 Å². The van der Waals surface area contributed by atoms with E-state index in [1.165, 1.54) is 12.1 Å². The maximum atomic E-state index is 14.7. The zero-order valence-electron chi connectivity index (χ0n) is 40.7. The summed E-state index contributed by atoms with van der Waals surface area (Å²) >= 11 is 0. The summed E-state index contributed by atoms with van der Waals surface area (Å²) in [5.74, 6) is -7.95. The minimum absolute atomic E-state index is 0.00884. The van der Waals surface area contributed by atoms with Gasteiger partial charge >= 0.3 is 12.1 Å². The first-order valence-electron chi connectivity index (χ1n) is 23.7. The van der Waals surface area contributed by atoms with Crippen LogP contribution < -0.4 is 10.7 Å². The quantitative estimate of drug-likeness (QED) is 0.126. The lowest BCUT2D eigenvalue weighted by Gasteiger charge is -2.37. The number of nitrogens with one attached hydrogen (secondary N) is 2. The summed E-state index contributed by atoms with van der Waals surface area (Å²) in [6.45, 7) is 14.6. The van der Waals surface area contributed by atoms with Crippen molar-refractivity contribution in [2.45, 2.75) is 104 Å². The first-order valence-corrected chi connectivity index (χ1v) is 23.7. The van der Waals surface area contributed by atoms with Crippen LogP contribution in [0.15, 0.2) is 73.4 Å². The number of fused-ring (bicyclic) bond motifs is 6. The highest BCUT2D eigenvalue weighted by atomic mass is 19.4. The Balaban J connectivity index is 1.29. The minimum Gasteiger partial charge on any atom is -0.464 e. The SMILES string of the molecule is C=CC(=O)N1C[C@@H](C(=O)N(C)[C@H](C(=O)N[C@H]2Cc3cccc(c3)-c3ccc4c(c3)c(c(-c3cccnc3[C@H](C)OC)n4CC)CC(C)(C)COC(=O)[C@@H]3CCCN(N3)C2=O)C(C)C)[C@@H](C(F)(F)F)C1.